The molecule has 1 unspecified atom stereocenters. The number of nitrogens with zero attached hydrogens (tertiary/aromatic N) is 3. The fourth-order valence-corrected chi connectivity index (χ4v) is 6.07. The van der Waals surface area contributed by atoms with Gasteiger partial charge in [-0.15, -0.1) is 0 Å². The maximum absolute atomic E-state index is 13.2. The van der Waals surface area contributed by atoms with E-state index in [-0.39, 0.29) is 5.91 Å². The van der Waals surface area contributed by atoms with Crippen LogP contribution in [0.5, 0.6) is 0 Å². The number of aliphatic imine (C=N–C) groups is 1. The van der Waals surface area contributed by atoms with E-state index in [1.54, 1.807) is 11.9 Å². The van der Waals surface area contributed by atoms with Gasteiger partial charge in [-0.2, -0.15) is 0 Å². The van der Waals surface area contributed by atoms with Crippen LogP contribution in [0.25, 0.3) is 0 Å². The highest BCUT2D eigenvalue weighted by atomic mass is 16.2. The van der Waals surface area contributed by atoms with Gasteiger partial charge in [-0.1, -0.05) is 51.0 Å². The first-order chi connectivity index (χ1) is 15.6. The molecule has 1 aromatic rings. The SMILES string of the molecule is CN1C(=O)[C@@](CCC2CCCCC2)(CCC2CCC[C@H](NCc3cccnc3)C2)N=C1N. The molecule has 32 heavy (non-hydrogen) atoms. The van der Waals surface area contributed by atoms with Crippen LogP contribution >= 0.6 is 0 Å². The maximum atomic E-state index is 13.2. The summed E-state index contributed by atoms with van der Waals surface area (Å²) in [6, 6.07) is 4.67. The highest BCUT2D eigenvalue weighted by molar-refractivity contribution is 6.06. The van der Waals surface area contributed by atoms with E-state index >= 15 is 0 Å². The number of nitrogens with two attached hydrogens (primary N) is 1. The molecular formula is C26H41N5O. The van der Waals surface area contributed by atoms with Gasteiger partial charge in [0.2, 0.25) is 0 Å². The van der Waals surface area contributed by atoms with Crippen molar-refractivity contribution >= 4 is 11.9 Å². The van der Waals surface area contributed by atoms with E-state index in [9.17, 15) is 4.79 Å². The molecule has 3 N–H and O–H groups in total. The lowest BCUT2D eigenvalue weighted by atomic mass is 9.76. The van der Waals surface area contributed by atoms with Crippen LogP contribution < -0.4 is 11.1 Å². The van der Waals surface area contributed by atoms with Gasteiger partial charge in [-0.05, 0) is 62.0 Å². The number of pyridine rings is 1. The van der Waals surface area contributed by atoms with Crippen LogP contribution in [0.3, 0.4) is 0 Å². The van der Waals surface area contributed by atoms with Gasteiger partial charge in [0.25, 0.3) is 5.91 Å². The molecule has 1 amide bonds. The number of guanidine groups is 1. The summed E-state index contributed by atoms with van der Waals surface area (Å²) in [5.41, 5.74) is 6.74. The van der Waals surface area contributed by atoms with Gasteiger partial charge in [0.1, 0.15) is 5.54 Å². The summed E-state index contributed by atoms with van der Waals surface area (Å²) < 4.78 is 0. The molecule has 6 heteroatoms. The molecule has 2 aliphatic carbocycles. The lowest BCUT2D eigenvalue weighted by Gasteiger charge is -2.33. The Hall–Kier alpha value is -1.95. The molecule has 1 aliphatic heterocycles. The fourth-order valence-electron chi connectivity index (χ4n) is 6.07. The van der Waals surface area contributed by atoms with E-state index < -0.39 is 5.54 Å². The summed E-state index contributed by atoms with van der Waals surface area (Å²) in [6.07, 6.45) is 19.2. The minimum Gasteiger partial charge on any atom is -0.369 e. The Balaban J connectivity index is 1.32. The molecule has 0 radical (unpaired) electrons. The van der Waals surface area contributed by atoms with Gasteiger partial charge in [0, 0.05) is 32.0 Å². The quantitative estimate of drug-likeness (QED) is 0.597. The number of hydrogen-bond acceptors (Lipinski definition) is 5. The first kappa shape index (κ1) is 23.2. The smallest absolute Gasteiger partial charge is 0.257 e. The lowest BCUT2D eigenvalue weighted by molar-refractivity contribution is -0.131. The maximum Gasteiger partial charge on any atom is 0.257 e. The van der Waals surface area contributed by atoms with Gasteiger partial charge >= 0.3 is 0 Å². The largest absolute Gasteiger partial charge is 0.369 e. The molecule has 3 aliphatic rings. The molecule has 1 aromatic heterocycles. The summed E-state index contributed by atoms with van der Waals surface area (Å²) >= 11 is 0. The van der Waals surface area contributed by atoms with Crippen molar-refractivity contribution in [2.24, 2.45) is 22.6 Å². The average Bonchev–Trinajstić information content (AvgIpc) is 3.05. The first-order valence-electron chi connectivity index (χ1n) is 12.8. The third-order valence-electron chi connectivity index (χ3n) is 8.13. The van der Waals surface area contributed by atoms with Crippen molar-refractivity contribution in [2.75, 3.05) is 7.05 Å². The number of hydrogen-bond donors (Lipinski definition) is 2. The third kappa shape index (κ3) is 5.69. The number of carbonyl (C=O) groups is 1. The Kier molecular flexibility index (Phi) is 7.82. The second-order valence-corrected chi connectivity index (χ2v) is 10.4. The van der Waals surface area contributed by atoms with E-state index in [0.29, 0.717) is 17.9 Å². The molecule has 4 rings (SSSR count). The normalized spacial score (nSPS) is 29.3. The summed E-state index contributed by atoms with van der Waals surface area (Å²) in [5.74, 6) is 1.93. The zero-order chi connectivity index (χ0) is 22.4. The molecule has 176 valence electrons. The van der Waals surface area contributed by atoms with Crippen LogP contribution in [0, 0.1) is 11.8 Å². The standard InChI is InChI=1S/C26H41N5O/c1-31-24(32)26(30-25(31)27,14-12-20-7-3-2-4-8-20)15-13-21-9-5-11-23(17-21)29-19-22-10-6-16-28-18-22/h6,10,16,18,20-21,23,29H,2-5,7-9,11-15,17,19H2,1H3,(H2,27,30)/t21?,23-,26+/m0/s1. The summed E-state index contributed by atoms with van der Waals surface area (Å²) in [5, 5.41) is 3.73. The zero-order valence-corrected chi connectivity index (χ0v) is 19.8. The Morgan fingerprint density at radius 2 is 1.84 bits per heavy atom. The van der Waals surface area contributed by atoms with Crippen molar-refractivity contribution in [2.45, 2.75) is 102 Å². The summed E-state index contributed by atoms with van der Waals surface area (Å²) in [7, 11) is 1.78. The summed E-state index contributed by atoms with van der Waals surface area (Å²) in [6.45, 7) is 0.876. The van der Waals surface area contributed by atoms with Crippen molar-refractivity contribution in [3.8, 4) is 0 Å². The second-order valence-electron chi connectivity index (χ2n) is 10.4. The van der Waals surface area contributed by atoms with Crippen LogP contribution in [0.1, 0.15) is 89.0 Å². The van der Waals surface area contributed by atoms with Crippen LogP contribution in [0.15, 0.2) is 29.5 Å². The molecule has 2 fully saturated rings. The van der Waals surface area contributed by atoms with Gasteiger partial charge in [0.05, 0.1) is 0 Å². The topological polar surface area (TPSA) is 83.6 Å². The fraction of sp³-hybridized carbons (Fsp3) is 0.731. The third-order valence-corrected chi connectivity index (χ3v) is 8.13. The predicted molar refractivity (Wildman–Crippen MR) is 129 cm³/mol. The molecule has 0 bridgehead atoms. The monoisotopic (exact) mass is 439 g/mol. The molecule has 3 atom stereocenters. The number of rotatable bonds is 9. The van der Waals surface area contributed by atoms with Gasteiger partial charge in [-0.3, -0.25) is 14.7 Å². The Labute approximate surface area is 193 Å². The van der Waals surface area contributed by atoms with Gasteiger partial charge in [-0.25, -0.2) is 4.99 Å². The van der Waals surface area contributed by atoms with E-state index in [1.807, 2.05) is 18.5 Å². The molecule has 6 nitrogen and oxygen atoms in total. The van der Waals surface area contributed by atoms with Crippen molar-refractivity contribution in [3.63, 3.8) is 0 Å². The molecule has 2 saturated carbocycles. The Morgan fingerprint density at radius 3 is 2.53 bits per heavy atom. The van der Waals surface area contributed by atoms with Crippen LogP contribution in [0.4, 0.5) is 0 Å². The highest BCUT2D eigenvalue weighted by Crippen LogP contribution is 2.38. The van der Waals surface area contributed by atoms with Crippen LogP contribution in [-0.4, -0.2) is 40.4 Å². The minimum atomic E-state index is -0.619. The van der Waals surface area contributed by atoms with E-state index in [0.717, 1.165) is 38.1 Å². The molecular weight excluding hydrogens is 398 g/mol. The number of amides is 1. The van der Waals surface area contributed by atoms with Crippen molar-refractivity contribution in [1.29, 1.82) is 0 Å². The van der Waals surface area contributed by atoms with Gasteiger partial charge < -0.3 is 11.1 Å². The zero-order valence-electron chi connectivity index (χ0n) is 19.8. The lowest BCUT2D eigenvalue weighted by Crippen LogP contribution is -2.43. The van der Waals surface area contributed by atoms with E-state index in [4.69, 9.17) is 10.7 Å². The number of carbonyl (C=O) groups excluding carboxylic acids is 1. The molecule has 0 spiro atoms. The van der Waals surface area contributed by atoms with Crippen LogP contribution in [0.2, 0.25) is 0 Å². The Morgan fingerprint density at radius 1 is 1.09 bits per heavy atom. The van der Waals surface area contributed by atoms with E-state index in [1.165, 1.54) is 63.4 Å². The molecule has 0 aromatic carbocycles. The average molecular weight is 440 g/mol. The van der Waals surface area contributed by atoms with Crippen molar-refractivity contribution < 1.29 is 4.79 Å². The first-order valence-corrected chi connectivity index (χ1v) is 12.8. The van der Waals surface area contributed by atoms with Crippen molar-refractivity contribution in [1.82, 2.24) is 15.2 Å². The number of aromatic nitrogens is 1. The predicted octanol–water partition coefficient (Wildman–Crippen LogP) is 4.40. The molecule has 2 heterocycles. The highest BCUT2D eigenvalue weighted by Gasteiger charge is 2.46. The summed E-state index contributed by atoms with van der Waals surface area (Å²) in [4.78, 5) is 23.8. The molecule has 0 saturated heterocycles. The number of nitrogens with one attached hydrogen (secondary N) is 1. The van der Waals surface area contributed by atoms with Crippen LogP contribution in [-0.2, 0) is 11.3 Å². The van der Waals surface area contributed by atoms with Gasteiger partial charge in [0.15, 0.2) is 5.96 Å². The number of likely N-dealkylation sites (N-methyl/N-ethyl adjacent to an activating group) is 1. The second kappa shape index (κ2) is 10.8. The van der Waals surface area contributed by atoms with E-state index in [2.05, 4.69) is 16.4 Å². The van der Waals surface area contributed by atoms with Crippen molar-refractivity contribution in [3.05, 3.63) is 30.1 Å². The Bertz CT molecular complexity index is 776. The minimum absolute atomic E-state index is 0.118.